The number of carbonyl (C=O) groups excluding carboxylic acids is 1. The molecule has 0 aliphatic heterocycles. The molecule has 0 bridgehead atoms. The minimum absolute atomic E-state index is 0.0428. The Labute approximate surface area is 172 Å². The molecule has 2 aromatic rings. The number of aromatic nitrogens is 2. The van der Waals surface area contributed by atoms with Crippen molar-refractivity contribution < 1.29 is 18.7 Å². The van der Waals surface area contributed by atoms with Gasteiger partial charge in [-0.05, 0) is 43.7 Å². The fourth-order valence-corrected chi connectivity index (χ4v) is 4.87. The van der Waals surface area contributed by atoms with Crippen molar-refractivity contribution in [2.45, 2.75) is 50.7 Å². The average molecular weight is 424 g/mol. The van der Waals surface area contributed by atoms with E-state index in [1.165, 1.54) is 12.3 Å². The number of aromatic amines is 1. The topological polar surface area (TPSA) is 78.0 Å². The number of nitrogens with one attached hydrogen (secondary N) is 2. The first-order valence-electron chi connectivity index (χ1n) is 10.1. The lowest BCUT2D eigenvalue weighted by Crippen LogP contribution is -2.45. The summed E-state index contributed by atoms with van der Waals surface area (Å²) >= 11 is 5.90. The molecular weight excluding hydrogens is 400 g/mol. The van der Waals surface area contributed by atoms with Crippen LogP contribution in [-0.4, -0.2) is 21.2 Å². The number of hydrogen-bond acceptors (Lipinski definition) is 3. The summed E-state index contributed by atoms with van der Waals surface area (Å²) in [5, 5.41) is 19.8. The number of hydrogen-bond donors (Lipinski definition) is 3. The van der Waals surface area contributed by atoms with Crippen molar-refractivity contribution in [3.63, 3.8) is 0 Å². The third kappa shape index (κ3) is 3.90. The van der Waals surface area contributed by atoms with Gasteiger partial charge in [-0.3, -0.25) is 9.89 Å². The summed E-state index contributed by atoms with van der Waals surface area (Å²) < 4.78 is 29.3. The van der Waals surface area contributed by atoms with E-state index in [0.29, 0.717) is 18.4 Å². The van der Waals surface area contributed by atoms with Gasteiger partial charge < -0.3 is 10.4 Å². The largest absolute Gasteiger partial charge is 0.388 e. The Morgan fingerprint density at radius 1 is 1.24 bits per heavy atom. The first-order valence-corrected chi connectivity index (χ1v) is 10.5. The lowest BCUT2D eigenvalue weighted by atomic mass is 9.69. The molecule has 4 atom stereocenters. The zero-order valence-electron chi connectivity index (χ0n) is 15.9. The second kappa shape index (κ2) is 8.40. The smallest absolute Gasteiger partial charge is 0.223 e. The number of rotatable bonds is 6. The van der Waals surface area contributed by atoms with Gasteiger partial charge in [-0.25, -0.2) is 8.78 Å². The molecule has 8 heteroatoms. The number of H-pyrrole nitrogens is 1. The van der Waals surface area contributed by atoms with Crippen molar-refractivity contribution in [2.24, 2.45) is 17.8 Å². The van der Waals surface area contributed by atoms with E-state index in [4.69, 9.17) is 11.6 Å². The molecule has 1 amide bonds. The number of benzene rings is 1. The van der Waals surface area contributed by atoms with E-state index in [1.807, 2.05) is 0 Å². The fourth-order valence-electron chi connectivity index (χ4n) is 4.70. The van der Waals surface area contributed by atoms with Crippen LogP contribution in [-0.2, 0) is 4.79 Å². The van der Waals surface area contributed by atoms with Gasteiger partial charge in [-0.1, -0.05) is 24.4 Å². The molecule has 4 rings (SSSR count). The standard InChI is InChI=1S/C21H24ClF2N3O2/c22-15-7-8-16(23)17(18(15)24)19(11-3-1-2-4-11)27-21(29)14-6-5-13(14)20(28)12-9-25-26-10-12/h7-11,13-14,19-20,28H,1-6H2,(H,25,26)(H,27,29)/t13-,14+,19+,20?/m1/s1. The minimum atomic E-state index is -0.813. The second-order valence-electron chi connectivity index (χ2n) is 8.11. The summed E-state index contributed by atoms with van der Waals surface area (Å²) in [5.41, 5.74) is 0.468. The highest BCUT2D eigenvalue weighted by atomic mass is 35.5. The first kappa shape index (κ1) is 20.3. The third-order valence-corrected chi connectivity index (χ3v) is 6.78. The summed E-state index contributed by atoms with van der Waals surface area (Å²) in [6.07, 6.45) is 7.19. The molecule has 5 nitrogen and oxygen atoms in total. The predicted molar refractivity (Wildman–Crippen MR) is 104 cm³/mol. The molecule has 1 heterocycles. The first-order chi connectivity index (χ1) is 14.0. The van der Waals surface area contributed by atoms with Crippen LogP contribution in [0.1, 0.15) is 61.8 Å². The van der Waals surface area contributed by atoms with E-state index in [1.54, 1.807) is 6.20 Å². The summed E-state index contributed by atoms with van der Waals surface area (Å²) in [4.78, 5) is 13.0. The van der Waals surface area contributed by atoms with Crippen molar-refractivity contribution in [1.82, 2.24) is 15.5 Å². The monoisotopic (exact) mass is 423 g/mol. The van der Waals surface area contributed by atoms with Gasteiger partial charge >= 0.3 is 0 Å². The van der Waals surface area contributed by atoms with Crippen LogP contribution in [0.25, 0.3) is 0 Å². The number of carbonyl (C=O) groups is 1. The quantitative estimate of drug-likeness (QED) is 0.601. The van der Waals surface area contributed by atoms with Gasteiger partial charge in [-0.15, -0.1) is 0 Å². The molecule has 1 aromatic carbocycles. The maximum Gasteiger partial charge on any atom is 0.223 e. The highest BCUT2D eigenvalue weighted by molar-refractivity contribution is 6.30. The van der Waals surface area contributed by atoms with Gasteiger partial charge in [0.05, 0.1) is 23.4 Å². The van der Waals surface area contributed by atoms with E-state index in [0.717, 1.165) is 31.7 Å². The van der Waals surface area contributed by atoms with Crippen molar-refractivity contribution in [3.8, 4) is 0 Å². The number of halogens is 3. The fraction of sp³-hybridized carbons (Fsp3) is 0.524. The molecule has 2 aliphatic rings. The van der Waals surface area contributed by atoms with Crippen LogP contribution >= 0.6 is 11.6 Å². The maximum atomic E-state index is 14.7. The average Bonchev–Trinajstić information content (AvgIpc) is 3.37. The van der Waals surface area contributed by atoms with Crippen LogP contribution in [0.3, 0.4) is 0 Å². The van der Waals surface area contributed by atoms with E-state index < -0.39 is 29.7 Å². The highest BCUT2D eigenvalue weighted by Crippen LogP contribution is 2.44. The van der Waals surface area contributed by atoms with Crippen LogP contribution in [0, 0.1) is 29.4 Å². The SMILES string of the molecule is O=C(N[C@H](c1c(F)ccc(Cl)c1F)C1CCCC1)[C@H]1CC[C@H]1C(O)c1cn[nH]c1. The summed E-state index contributed by atoms with van der Waals surface area (Å²) in [6, 6.07) is 1.56. The van der Waals surface area contributed by atoms with Crippen molar-refractivity contribution in [1.29, 1.82) is 0 Å². The summed E-state index contributed by atoms with van der Waals surface area (Å²) in [6.45, 7) is 0. The minimum Gasteiger partial charge on any atom is -0.388 e. The maximum absolute atomic E-state index is 14.7. The van der Waals surface area contributed by atoms with Gasteiger partial charge in [0.2, 0.25) is 5.91 Å². The Morgan fingerprint density at radius 2 is 2.00 bits per heavy atom. The number of nitrogens with zero attached hydrogens (tertiary/aromatic N) is 1. The Bertz CT molecular complexity index is 871. The van der Waals surface area contributed by atoms with Gasteiger partial charge in [0.15, 0.2) is 0 Å². The zero-order valence-corrected chi connectivity index (χ0v) is 16.6. The lowest BCUT2D eigenvalue weighted by molar-refractivity contribution is -0.135. The molecule has 2 aliphatic carbocycles. The lowest BCUT2D eigenvalue weighted by Gasteiger charge is -2.39. The van der Waals surface area contributed by atoms with Crippen molar-refractivity contribution in [3.05, 3.63) is 52.3 Å². The van der Waals surface area contributed by atoms with E-state index in [-0.39, 0.29) is 28.3 Å². The van der Waals surface area contributed by atoms with E-state index in [9.17, 15) is 18.7 Å². The van der Waals surface area contributed by atoms with E-state index >= 15 is 0 Å². The molecule has 156 valence electrons. The molecule has 29 heavy (non-hydrogen) atoms. The Morgan fingerprint density at radius 3 is 2.62 bits per heavy atom. The second-order valence-corrected chi connectivity index (χ2v) is 8.52. The van der Waals surface area contributed by atoms with Gasteiger partial charge in [0, 0.05) is 29.2 Å². The van der Waals surface area contributed by atoms with Gasteiger partial charge in [0.25, 0.3) is 0 Å². The number of aliphatic hydroxyl groups excluding tert-OH is 1. The van der Waals surface area contributed by atoms with Crippen LogP contribution in [0.2, 0.25) is 5.02 Å². The van der Waals surface area contributed by atoms with Crippen LogP contribution in [0.15, 0.2) is 24.5 Å². The number of amides is 1. The third-order valence-electron chi connectivity index (χ3n) is 6.49. The van der Waals surface area contributed by atoms with Crippen molar-refractivity contribution in [2.75, 3.05) is 0 Å². The molecule has 1 unspecified atom stereocenters. The van der Waals surface area contributed by atoms with Gasteiger partial charge in [0.1, 0.15) is 11.6 Å². The molecule has 3 N–H and O–H groups in total. The Hall–Kier alpha value is -1.99. The van der Waals surface area contributed by atoms with Crippen LogP contribution < -0.4 is 5.32 Å². The molecular formula is C21H24ClF2N3O2. The van der Waals surface area contributed by atoms with E-state index in [2.05, 4.69) is 15.5 Å². The Balaban J connectivity index is 1.55. The molecule has 0 saturated heterocycles. The molecule has 1 aromatic heterocycles. The molecule has 0 spiro atoms. The van der Waals surface area contributed by atoms with Gasteiger partial charge in [-0.2, -0.15) is 5.10 Å². The van der Waals surface area contributed by atoms with Crippen molar-refractivity contribution >= 4 is 17.5 Å². The highest BCUT2D eigenvalue weighted by Gasteiger charge is 2.43. The Kier molecular flexibility index (Phi) is 5.88. The normalized spacial score (nSPS) is 24.1. The summed E-state index contributed by atoms with van der Waals surface area (Å²) in [7, 11) is 0. The number of aliphatic hydroxyl groups is 1. The molecule has 2 fully saturated rings. The predicted octanol–water partition coefficient (Wildman–Crippen LogP) is 4.45. The van der Waals surface area contributed by atoms with Crippen LogP contribution in [0.5, 0.6) is 0 Å². The zero-order chi connectivity index (χ0) is 20.5. The summed E-state index contributed by atoms with van der Waals surface area (Å²) in [5.74, 6) is -2.49. The van der Waals surface area contributed by atoms with Crippen LogP contribution in [0.4, 0.5) is 8.78 Å². The molecule has 2 saturated carbocycles. The molecule has 0 radical (unpaired) electrons.